The van der Waals surface area contributed by atoms with Crippen LogP contribution in [-0.4, -0.2) is 33.6 Å². The first-order valence-electron chi connectivity index (χ1n) is 13.2. The summed E-state index contributed by atoms with van der Waals surface area (Å²) in [5, 5.41) is 30.1. The molecule has 31 heavy (non-hydrogen) atoms. The number of allylic oxidation sites excluding steroid dienone is 1. The summed E-state index contributed by atoms with van der Waals surface area (Å²) in [5.74, 6) is 4.08. The van der Waals surface area contributed by atoms with Crippen LogP contribution in [0, 0.1) is 46.3 Å². The molecule has 0 radical (unpaired) electrons. The second kappa shape index (κ2) is 8.44. The van der Waals surface area contributed by atoms with E-state index in [-0.39, 0.29) is 18.6 Å². The summed E-state index contributed by atoms with van der Waals surface area (Å²) in [6.07, 6.45) is 14.4. The van der Waals surface area contributed by atoms with Crippen molar-refractivity contribution < 1.29 is 15.3 Å². The smallest absolute Gasteiger partial charge is 0.0874 e. The van der Waals surface area contributed by atoms with Crippen molar-refractivity contribution >= 4 is 0 Å². The number of aliphatic hydroxyl groups is 3. The molecule has 178 valence electrons. The Bertz CT molecular complexity index is 684. The van der Waals surface area contributed by atoms with E-state index < -0.39 is 5.60 Å². The molecule has 3 fully saturated rings. The highest BCUT2D eigenvalue weighted by atomic mass is 16.3. The van der Waals surface area contributed by atoms with E-state index >= 15 is 0 Å². The summed E-state index contributed by atoms with van der Waals surface area (Å²) in [4.78, 5) is 0. The topological polar surface area (TPSA) is 60.7 Å². The van der Waals surface area contributed by atoms with Gasteiger partial charge in [-0.3, -0.25) is 0 Å². The molecule has 4 aliphatic rings. The van der Waals surface area contributed by atoms with Crippen molar-refractivity contribution in [3.63, 3.8) is 0 Å². The van der Waals surface area contributed by atoms with Crippen molar-refractivity contribution in [1.29, 1.82) is 0 Å². The zero-order valence-corrected chi connectivity index (χ0v) is 20.7. The van der Waals surface area contributed by atoms with E-state index in [4.69, 9.17) is 0 Å². The second-order valence-corrected chi connectivity index (χ2v) is 12.9. The minimum atomic E-state index is -0.963. The van der Waals surface area contributed by atoms with Crippen LogP contribution in [0.15, 0.2) is 11.6 Å². The highest BCUT2D eigenvalue weighted by Crippen LogP contribution is 2.67. The summed E-state index contributed by atoms with van der Waals surface area (Å²) in [6.45, 7) is 11.3. The Morgan fingerprint density at radius 3 is 2.52 bits per heavy atom. The van der Waals surface area contributed by atoms with Gasteiger partial charge in [0.15, 0.2) is 0 Å². The molecule has 4 rings (SSSR count). The van der Waals surface area contributed by atoms with Gasteiger partial charge in [-0.2, -0.15) is 0 Å². The molecule has 0 aromatic carbocycles. The van der Waals surface area contributed by atoms with Crippen LogP contribution in [0.5, 0.6) is 0 Å². The van der Waals surface area contributed by atoms with E-state index in [0.29, 0.717) is 16.7 Å². The van der Waals surface area contributed by atoms with Gasteiger partial charge in [-0.05, 0) is 111 Å². The molecular weight excluding hydrogens is 384 g/mol. The summed E-state index contributed by atoms with van der Waals surface area (Å²) in [6, 6.07) is 0. The summed E-state index contributed by atoms with van der Waals surface area (Å²) in [7, 11) is 0. The van der Waals surface area contributed by atoms with E-state index in [1.807, 2.05) is 0 Å². The van der Waals surface area contributed by atoms with Crippen LogP contribution < -0.4 is 0 Å². The van der Waals surface area contributed by atoms with Crippen LogP contribution >= 0.6 is 0 Å². The van der Waals surface area contributed by atoms with Gasteiger partial charge in [0.25, 0.3) is 0 Å². The van der Waals surface area contributed by atoms with Gasteiger partial charge in [0.1, 0.15) is 0 Å². The number of rotatable bonds is 6. The lowest BCUT2D eigenvalue weighted by Crippen LogP contribution is -2.50. The fraction of sp³-hybridized carbons (Fsp3) is 0.929. The van der Waals surface area contributed by atoms with Gasteiger partial charge >= 0.3 is 0 Å². The van der Waals surface area contributed by atoms with Crippen molar-refractivity contribution in [2.45, 2.75) is 111 Å². The van der Waals surface area contributed by atoms with E-state index in [1.165, 1.54) is 38.5 Å². The number of hydrogen-bond donors (Lipinski definition) is 3. The van der Waals surface area contributed by atoms with Crippen LogP contribution in [0.2, 0.25) is 0 Å². The third kappa shape index (κ3) is 3.95. The average Bonchev–Trinajstić information content (AvgIpc) is 3.09. The molecule has 0 aliphatic heterocycles. The van der Waals surface area contributed by atoms with E-state index in [1.54, 1.807) is 12.5 Å². The Morgan fingerprint density at radius 2 is 1.81 bits per heavy atom. The Kier molecular flexibility index (Phi) is 6.47. The largest absolute Gasteiger partial charge is 0.393 e. The Labute approximate surface area is 190 Å². The first-order valence-corrected chi connectivity index (χ1v) is 13.2. The SMILES string of the molecule is C[C@H](CC[C@H](C)C(C)(O)CO)[C@H]1CCC2C3CC=C4C[C@@H](O)CC[C@]4(C)C3CC[C@@]21C. The summed E-state index contributed by atoms with van der Waals surface area (Å²) >= 11 is 0. The Balaban J connectivity index is 1.46. The van der Waals surface area contributed by atoms with E-state index in [9.17, 15) is 15.3 Å². The van der Waals surface area contributed by atoms with Gasteiger partial charge in [0.2, 0.25) is 0 Å². The molecule has 0 amide bonds. The molecule has 0 aromatic rings. The molecular formula is C28H48O3. The summed E-state index contributed by atoms with van der Waals surface area (Å²) in [5.41, 5.74) is 1.40. The maximum absolute atomic E-state index is 10.4. The van der Waals surface area contributed by atoms with Crippen molar-refractivity contribution in [3.8, 4) is 0 Å². The van der Waals surface area contributed by atoms with E-state index in [0.717, 1.165) is 49.4 Å². The molecule has 0 bridgehead atoms. The van der Waals surface area contributed by atoms with Crippen LogP contribution in [0.1, 0.15) is 98.8 Å². The van der Waals surface area contributed by atoms with Crippen LogP contribution in [0.25, 0.3) is 0 Å². The molecule has 3 saturated carbocycles. The zero-order valence-electron chi connectivity index (χ0n) is 20.7. The zero-order chi connectivity index (χ0) is 22.6. The number of aliphatic hydroxyl groups excluding tert-OH is 2. The molecule has 3 N–H and O–H groups in total. The predicted octanol–water partition coefficient (Wildman–Crippen LogP) is 5.72. The first-order chi connectivity index (χ1) is 14.5. The van der Waals surface area contributed by atoms with E-state index in [2.05, 4.69) is 33.8 Å². The maximum atomic E-state index is 10.4. The fourth-order valence-electron chi connectivity index (χ4n) is 8.80. The molecule has 0 aromatic heterocycles. The number of hydrogen-bond acceptors (Lipinski definition) is 3. The second-order valence-electron chi connectivity index (χ2n) is 12.9. The molecule has 3 nitrogen and oxygen atoms in total. The van der Waals surface area contributed by atoms with Crippen LogP contribution in [0.3, 0.4) is 0 Å². The van der Waals surface area contributed by atoms with Gasteiger partial charge in [0.05, 0.1) is 18.3 Å². The van der Waals surface area contributed by atoms with Gasteiger partial charge in [-0.15, -0.1) is 0 Å². The van der Waals surface area contributed by atoms with Crippen molar-refractivity contribution in [1.82, 2.24) is 0 Å². The normalized spacial score (nSPS) is 46.2. The Morgan fingerprint density at radius 1 is 1.06 bits per heavy atom. The average molecular weight is 433 g/mol. The lowest BCUT2D eigenvalue weighted by Gasteiger charge is -2.58. The van der Waals surface area contributed by atoms with Gasteiger partial charge < -0.3 is 15.3 Å². The standard InChI is InChI=1S/C28H48O3/c1-18(6-7-19(2)28(5,31)17-29)23-10-11-24-22-9-8-20-16-21(30)12-14-26(20,3)25(22)13-15-27(23,24)4/h8,18-19,21-25,29-31H,6-7,9-17H2,1-5H3/t18-,19+,21+,22?,23-,24?,25?,26+,27-,28?/m1/s1. The summed E-state index contributed by atoms with van der Waals surface area (Å²) < 4.78 is 0. The molecule has 4 aliphatic carbocycles. The van der Waals surface area contributed by atoms with Crippen molar-refractivity contribution in [2.75, 3.05) is 6.61 Å². The van der Waals surface area contributed by atoms with Crippen LogP contribution in [-0.2, 0) is 0 Å². The number of fused-ring (bicyclic) bond motifs is 5. The quantitative estimate of drug-likeness (QED) is 0.470. The molecule has 0 heterocycles. The minimum absolute atomic E-state index is 0.115. The lowest BCUT2D eigenvalue weighted by molar-refractivity contribution is -0.0610. The molecule has 0 saturated heterocycles. The maximum Gasteiger partial charge on any atom is 0.0874 e. The van der Waals surface area contributed by atoms with Gasteiger partial charge in [-0.25, -0.2) is 0 Å². The third-order valence-corrected chi connectivity index (χ3v) is 11.3. The lowest BCUT2D eigenvalue weighted by atomic mass is 9.47. The van der Waals surface area contributed by atoms with Crippen molar-refractivity contribution in [3.05, 3.63) is 11.6 Å². The van der Waals surface area contributed by atoms with Crippen LogP contribution in [0.4, 0.5) is 0 Å². The van der Waals surface area contributed by atoms with Crippen molar-refractivity contribution in [2.24, 2.45) is 46.3 Å². The minimum Gasteiger partial charge on any atom is -0.393 e. The van der Waals surface area contributed by atoms with Gasteiger partial charge in [0, 0.05) is 0 Å². The third-order valence-electron chi connectivity index (χ3n) is 11.3. The highest BCUT2D eigenvalue weighted by Gasteiger charge is 2.59. The fourth-order valence-corrected chi connectivity index (χ4v) is 8.80. The molecule has 10 atom stereocenters. The monoisotopic (exact) mass is 432 g/mol. The highest BCUT2D eigenvalue weighted by molar-refractivity contribution is 5.25. The first kappa shape index (κ1) is 23.8. The molecule has 0 spiro atoms. The van der Waals surface area contributed by atoms with Gasteiger partial charge in [-0.1, -0.05) is 45.8 Å². The predicted molar refractivity (Wildman–Crippen MR) is 126 cm³/mol. The Hall–Kier alpha value is -0.380. The molecule has 3 heteroatoms. The molecule has 4 unspecified atom stereocenters.